The molecule has 3 rings (SSSR count). The Bertz CT molecular complexity index is 742. The Balaban J connectivity index is 1.56. The number of carbonyl (C=O) groups is 1. The molecule has 0 atom stereocenters. The van der Waals surface area contributed by atoms with Gasteiger partial charge in [0.2, 0.25) is 0 Å². The largest absolute Gasteiger partial charge is 0.494 e. The summed E-state index contributed by atoms with van der Waals surface area (Å²) >= 11 is 12.4. The molecule has 1 N–H and O–H groups in total. The number of nitrogens with one attached hydrogen (secondary N) is 1. The lowest BCUT2D eigenvalue weighted by molar-refractivity contribution is 0.208. The molecular weight excluding hydrogens is 375 g/mol. The van der Waals surface area contributed by atoms with Crippen molar-refractivity contribution in [3.63, 3.8) is 0 Å². The Morgan fingerprint density at radius 2 is 1.73 bits per heavy atom. The summed E-state index contributed by atoms with van der Waals surface area (Å²) in [7, 11) is 0. The molecule has 138 valence electrons. The Morgan fingerprint density at radius 3 is 2.31 bits per heavy atom. The van der Waals surface area contributed by atoms with Gasteiger partial charge in [0.1, 0.15) is 5.75 Å². The van der Waals surface area contributed by atoms with Crippen molar-refractivity contribution in [1.29, 1.82) is 0 Å². The van der Waals surface area contributed by atoms with E-state index in [1.54, 1.807) is 17.3 Å². The van der Waals surface area contributed by atoms with Gasteiger partial charge in [-0.25, -0.2) is 4.79 Å². The third-order valence-electron chi connectivity index (χ3n) is 4.13. The highest BCUT2D eigenvalue weighted by atomic mass is 35.5. The molecule has 2 amide bonds. The number of hydrogen-bond donors (Lipinski definition) is 1. The van der Waals surface area contributed by atoms with Crippen LogP contribution in [-0.2, 0) is 0 Å². The molecular formula is C18H20Cl2N4O2. The molecule has 1 aromatic carbocycles. The van der Waals surface area contributed by atoms with E-state index < -0.39 is 0 Å². The van der Waals surface area contributed by atoms with Crippen LogP contribution >= 0.6 is 23.2 Å². The number of hydrogen-bond acceptors (Lipinski definition) is 4. The highest BCUT2D eigenvalue weighted by molar-refractivity contribution is 6.38. The number of benzene rings is 1. The molecule has 8 heteroatoms. The van der Waals surface area contributed by atoms with Gasteiger partial charge < -0.3 is 19.9 Å². The van der Waals surface area contributed by atoms with E-state index in [2.05, 4.69) is 15.2 Å². The number of halogens is 2. The molecule has 1 aliphatic rings. The van der Waals surface area contributed by atoms with Crippen molar-refractivity contribution in [3.05, 3.63) is 46.7 Å². The van der Waals surface area contributed by atoms with Crippen LogP contribution in [0.1, 0.15) is 6.92 Å². The minimum atomic E-state index is -0.124. The zero-order chi connectivity index (χ0) is 18.5. The second-order valence-corrected chi connectivity index (χ2v) is 6.63. The maximum absolute atomic E-state index is 12.5. The summed E-state index contributed by atoms with van der Waals surface area (Å²) in [6, 6.07) is 7.21. The maximum Gasteiger partial charge on any atom is 0.321 e. The SMILES string of the molecule is CCOc1ccc(NC(=O)N2CCN(c3c(Cl)cncc3Cl)CC2)cc1. The van der Waals surface area contributed by atoms with Gasteiger partial charge in [0.05, 0.1) is 22.3 Å². The van der Waals surface area contributed by atoms with Crippen molar-refractivity contribution in [2.24, 2.45) is 0 Å². The molecule has 0 aliphatic carbocycles. The van der Waals surface area contributed by atoms with Crippen molar-refractivity contribution < 1.29 is 9.53 Å². The van der Waals surface area contributed by atoms with E-state index in [-0.39, 0.29) is 6.03 Å². The Kier molecular flexibility index (Phi) is 6.06. The molecule has 2 heterocycles. The van der Waals surface area contributed by atoms with Crippen LogP contribution in [0.3, 0.4) is 0 Å². The fourth-order valence-electron chi connectivity index (χ4n) is 2.84. The molecule has 0 unspecified atom stereocenters. The number of anilines is 2. The second-order valence-electron chi connectivity index (χ2n) is 5.81. The molecule has 0 bridgehead atoms. The maximum atomic E-state index is 12.5. The zero-order valence-electron chi connectivity index (χ0n) is 14.4. The number of rotatable bonds is 4. The molecule has 1 aliphatic heterocycles. The van der Waals surface area contributed by atoms with Gasteiger partial charge in [0.25, 0.3) is 0 Å². The fourth-order valence-corrected chi connectivity index (χ4v) is 3.45. The third kappa shape index (κ3) is 4.31. The van der Waals surface area contributed by atoms with Crippen molar-refractivity contribution in [2.45, 2.75) is 6.92 Å². The molecule has 1 saturated heterocycles. The molecule has 0 radical (unpaired) electrons. The van der Waals surface area contributed by atoms with Gasteiger partial charge in [0, 0.05) is 44.3 Å². The first-order chi connectivity index (χ1) is 12.6. The van der Waals surface area contributed by atoms with Gasteiger partial charge in [0.15, 0.2) is 0 Å². The standard InChI is InChI=1S/C18H20Cl2N4O2/c1-2-26-14-5-3-13(4-6-14)22-18(25)24-9-7-23(8-10-24)17-15(19)11-21-12-16(17)20/h3-6,11-12H,2,7-10H2,1H3,(H,22,25). The third-order valence-corrected chi connectivity index (χ3v) is 4.68. The van der Waals surface area contributed by atoms with Crippen LogP contribution in [0.5, 0.6) is 5.75 Å². The van der Waals surface area contributed by atoms with E-state index in [0.29, 0.717) is 42.8 Å². The number of urea groups is 1. The van der Waals surface area contributed by atoms with Gasteiger partial charge in [-0.05, 0) is 31.2 Å². The minimum absolute atomic E-state index is 0.124. The van der Waals surface area contributed by atoms with Gasteiger partial charge in [-0.2, -0.15) is 0 Å². The highest BCUT2D eigenvalue weighted by Gasteiger charge is 2.24. The summed E-state index contributed by atoms with van der Waals surface area (Å²) in [5, 5.41) is 3.95. The molecule has 1 aromatic heterocycles. The predicted molar refractivity (Wildman–Crippen MR) is 105 cm³/mol. The summed E-state index contributed by atoms with van der Waals surface area (Å²) in [5.41, 5.74) is 1.51. The van der Waals surface area contributed by atoms with Crippen LogP contribution in [0, 0.1) is 0 Å². The van der Waals surface area contributed by atoms with E-state index in [1.165, 1.54) is 0 Å². The van der Waals surface area contributed by atoms with Crippen molar-refractivity contribution in [2.75, 3.05) is 43.0 Å². The normalized spacial score (nSPS) is 14.3. The van der Waals surface area contributed by atoms with E-state index >= 15 is 0 Å². The lowest BCUT2D eigenvalue weighted by atomic mass is 10.2. The molecule has 6 nitrogen and oxygen atoms in total. The van der Waals surface area contributed by atoms with Gasteiger partial charge >= 0.3 is 6.03 Å². The summed E-state index contributed by atoms with van der Waals surface area (Å²) < 4.78 is 5.40. The number of nitrogens with zero attached hydrogens (tertiary/aromatic N) is 3. The van der Waals surface area contributed by atoms with Crippen LogP contribution < -0.4 is 15.0 Å². The lowest BCUT2D eigenvalue weighted by Gasteiger charge is -2.36. The number of aromatic nitrogens is 1. The Hall–Kier alpha value is -2.18. The van der Waals surface area contributed by atoms with Crippen LogP contribution in [0.25, 0.3) is 0 Å². The number of ether oxygens (including phenoxy) is 1. The summed E-state index contributed by atoms with van der Waals surface area (Å²) in [5.74, 6) is 0.783. The Labute approximate surface area is 162 Å². The highest BCUT2D eigenvalue weighted by Crippen LogP contribution is 2.33. The summed E-state index contributed by atoms with van der Waals surface area (Å²) in [4.78, 5) is 20.3. The summed E-state index contributed by atoms with van der Waals surface area (Å²) in [6.45, 7) is 5.01. The predicted octanol–water partition coefficient (Wildman–Crippen LogP) is 4.14. The van der Waals surface area contributed by atoms with E-state index in [0.717, 1.165) is 17.1 Å². The van der Waals surface area contributed by atoms with Crippen molar-refractivity contribution >= 4 is 40.6 Å². The Morgan fingerprint density at radius 1 is 1.12 bits per heavy atom. The smallest absolute Gasteiger partial charge is 0.321 e. The fraction of sp³-hybridized carbons (Fsp3) is 0.333. The van der Waals surface area contributed by atoms with Crippen LogP contribution in [-0.4, -0.2) is 48.7 Å². The van der Waals surface area contributed by atoms with Gasteiger partial charge in [-0.1, -0.05) is 23.2 Å². The molecule has 0 spiro atoms. The van der Waals surface area contributed by atoms with Crippen LogP contribution in [0.2, 0.25) is 10.0 Å². The van der Waals surface area contributed by atoms with E-state index in [1.807, 2.05) is 31.2 Å². The van der Waals surface area contributed by atoms with E-state index in [9.17, 15) is 4.79 Å². The monoisotopic (exact) mass is 394 g/mol. The molecule has 1 fully saturated rings. The first-order valence-electron chi connectivity index (χ1n) is 8.41. The minimum Gasteiger partial charge on any atom is -0.494 e. The number of piperazine rings is 1. The van der Waals surface area contributed by atoms with E-state index in [4.69, 9.17) is 27.9 Å². The van der Waals surface area contributed by atoms with Gasteiger partial charge in [-0.15, -0.1) is 0 Å². The number of carbonyl (C=O) groups excluding carboxylic acids is 1. The average Bonchev–Trinajstić information content (AvgIpc) is 2.64. The summed E-state index contributed by atoms with van der Waals surface area (Å²) in [6.07, 6.45) is 3.15. The average molecular weight is 395 g/mol. The molecule has 26 heavy (non-hydrogen) atoms. The van der Waals surface area contributed by atoms with Crippen LogP contribution in [0.15, 0.2) is 36.7 Å². The lowest BCUT2D eigenvalue weighted by Crippen LogP contribution is -2.50. The van der Waals surface area contributed by atoms with Crippen LogP contribution in [0.4, 0.5) is 16.2 Å². The topological polar surface area (TPSA) is 57.7 Å². The number of amides is 2. The molecule has 2 aromatic rings. The van der Waals surface area contributed by atoms with Gasteiger partial charge in [-0.3, -0.25) is 4.98 Å². The number of pyridine rings is 1. The van der Waals surface area contributed by atoms with Crippen molar-refractivity contribution in [3.8, 4) is 5.75 Å². The molecule has 0 saturated carbocycles. The van der Waals surface area contributed by atoms with Crippen molar-refractivity contribution in [1.82, 2.24) is 9.88 Å². The quantitative estimate of drug-likeness (QED) is 0.846. The zero-order valence-corrected chi connectivity index (χ0v) is 15.9. The second kappa shape index (κ2) is 8.47. The first-order valence-corrected chi connectivity index (χ1v) is 9.17. The first kappa shape index (κ1) is 18.6.